The van der Waals surface area contributed by atoms with Crippen molar-refractivity contribution in [1.29, 1.82) is 0 Å². The standard InChI is InChI=1S/C11H8FNO4S/c12-7-2-1-3-8(6-7)17-11(14)9-4-5-18(15,16)10(9)13/h1-6H,13H2. The summed E-state index contributed by atoms with van der Waals surface area (Å²) < 4.78 is 40.2. The molecule has 5 nitrogen and oxygen atoms in total. The zero-order valence-corrected chi connectivity index (χ0v) is 9.78. The summed E-state index contributed by atoms with van der Waals surface area (Å²) in [6, 6.07) is 4.91. The SMILES string of the molecule is NC1=C(C(=O)Oc2cccc(F)c2)C=CS1(=O)=O. The number of carbonyl (C=O) groups excluding carboxylic acids is 1. The van der Waals surface area contributed by atoms with E-state index in [0.29, 0.717) is 0 Å². The van der Waals surface area contributed by atoms with Crippen molar-refractivity contribution in [1.82, 2.24) is 0 Å². The van der Waals surface area contributed by atoms with E-state index in [4.69, 9.17) is 10.5 Å². The van der Waals surface area contributed by atoms with Crippen LogP contribution in [0.5, 0.6) is 5.75 Å². The molecule has 0 bridgehead atoms. The van der Waals surface area contributed by atoms with Gasteiger partial charge < -0.3 is 10.5 Å². The Morgan fingerprint density at radius 3 is 2.61 bits per heavy atom. The Labute approximate surface area is 102 Å². The maximum Gasteiger partial charge on any atom is 0.346 e. The molecule has 0 fully saturated rings. The summed E-state index contributed by atoms with van der Waals surface area (Å²) in [4.78, 5) is 11.6. The quantitative estimate of drug-likeness (QED) is 0.635. The molecule has 1 aliphatic rings. The molecule has 2 rings (SSSR count). The second kappa shape index (κ2) is 4.26. The number of ether oxygens (including phenoxy) is 1. The van der Waals surface area contributed by atoms with Crippen LogP contribution in [0.2, 0.25) is 0 Å². The van der Waals surface area contributed by atoms with Crippen molar-refractivity contribution in [2.75, 3.05) is 0 Å². The van der Waals surface area contributed by atoms with Gasteiger partial charge in [0.2, 0.25) is 9.84 Å². The molecule has 0 aliphatic carbocycles. The van der Waals surface area contributed by atoms with Gasteiger partial charge in [0.25, 0.3) is 0 Å². The van der Waals surface area contributed by atoms with Crippen LogP contribution in [0.15, 0.2) is 46.4 Å². The highest BCUT2D eigenvalue weighted by molar-refractivity contribution is 7.98. The number of rotatable bonds is 2. The fourth-order valence-corrected chi connectivity index (χ4v) is 2.25. The lowest BCUT2D eigenvalue weighted by Crippen LogP contribution is -2.16. The summed E-state index contributed by atoms with van der Waals surface area (Å²) in [5, 5.41) is 0.244. The maximum absolute atomic E-state index is 12.9. The summed E-state index contributed by atoms with van der Waals surface area (Å²) in [6.45, 7) is 0. The third-order valence-electron chi connectivity index (χ3n) is 2.21. The molecule has 94 valence electrons. The van der Waals surface area contributed by atoms with Crippen LogP contribution in [-0.2, 0) is 14.6 Å². The molecule has 1 aromatic rings. The van der Waals surface area contributed by atoms with Crippen LogP contribution in [0.4, 0.5) is 4.39 Å². The second-order valence-corrected chi connectivity index (χ2v) is 5.27. The average molecular weight is 269 g/mol. The molecular weight excluding hydrogens is 261 g/mol. The first kappa shape index (κ1) is 12.3. The van der Waals surface area contributed by atoms with E-state index in [1.165, 1.54) is 18.2 Å². The maximum atomic E-state index is 12.9. The smallest absolute Gasteiger partial charge is 0.346 e. The molecule has 0 radical (unpaired) electrons. The molecule has 2 N–H and O–H groups in total. The first-order valence-electron chi connectivity index (χ1n) is 4.81. The van der Waals surface area contributed by atoms with Gasteiger partial charge in [-0.25, -0.2) is 17.6 Å². The number of benzene rings is 1. The molecule has 1 aliphatic heterocycles. The molecule has 0 atom stereocenters. The van der Waals surface area contributed by atoms with E-state index in [0.717, 1.165) is 17.6 Å². The molecule has 0 unspecified atom stereocenters. The van der Waals surface area contributed by atoms with Crippen LogP contribution in [0.3, 0.4) is 0 Å². The molecule has 0 saturated heterocycles. The summed E-state index contributed by atoms with van der Waals surface area (Å²) >= 11 is 0. The van der Waals surface area contributed by atoms with E-state index in [1.807, 2.05) is 0 Å². The van der Waals surface area contributed by atoms with Gasteiger partial charge in [-0.15, -0.1) is 0 Å². The van der Waals surface area contributed by atoms with Gasteiger partial charge >= 0.3 is 5.97 Å². The zero-order valence-electron chi connectivity index (χ0n) is 8.96. The highest BCUT2D eigenvalue weighted by atomic mass is 32.2. The Morgan fingerprint density at radius 1 is 1.33 bits per heavy atom. The molecular formula is C11H8FNO4S. The predicted octanol–water partition coefficient (Wildman–Crippen LogP) is 0.844. The number of esters is 1. The summed E-state index contributed by atoms with van der Waals surface area (Å²) in [5.74, 6) is -1.55. The molecule has 7 heteroatoms. The van der Waals surface area contributed by atoms with Crippen LogP contribution in [0, 0.1) is 5.82 Å². The van der Waals surface area contributed by atoms with E-state index in [1.54, 1.807) is 0 Å². The first-order chi connectivity index (χ1) is 8.40. The lowest BCUT2D eigenvalue weighted by atomic mass is 10.3. The zero-order chi connectivity index (χ0) is 13.3. The minimum absolute atomic E-state index is 0.0296. The Hall–Kier alpha value is -2.15. The molecule has 0 amide bonds. The van der Waals surface area contributed by atoms with Crippen LogP contribution in [0.1, 0.15) is 0 Å². The van der Waals surface area contributed by atoms with Crippen LogP contribution >= 0.6 is 0 Å². The number of sulfone groups is 1. The van der Waals surface area contributed by atoms with Crippen molar-refractivity contribution in [2.24, 2.45) is 5.73 Å². The van der Waals surface area contributed by atoms with Crippen molar-refractivity contribution >= 4 is 15.8 Å². The monoisotopic (exact) mass is 269 g/mol. The minimum atomic E-state index is -3.72. The van der Waals surface area contributed by atoms with Gasteiger partial charge in [-0.3, -0.25) is 0 Å². The molecule has 0 spiro atoms. The lowest BCUT2D eigenvalue weighted by Gasteiger charge is -2.04. The van der Waals surface area contributed by atoms with Crippen molar-refractivity contribution in [2.45, 2.75) is 0 Å². The fraction of sp³-hybridized carbons (Fsp3) is 0. The van der Waals surface area contributed by atoms with E-state index < -0.39 is 26.7 Å². The van der Waals surface area contributed by atoms with Gasteiger partial charge in [0.05, 0.1) is 5.57 Å². The molecule has 18 heavy (non-hydrogen) atoms. The topological polar surface area (TPSA) is 86.5 Å². The third kappa shape index (κ3) is 2.25. The number of hydrogen-bond donors (Lipinski definition) is 1. The fourth-order valence-electron chi connectivity index (χ4n) is 1.33. The molecule has 0 aromatic heterocycles. The Kier molecular flexibility index (Phi) is 2.92. The van der Waals surface area contributed by atoms with Gasteiger partial charge in [0, 0.05) is 11.5 Å². The van der Waals surface area contributed by atoms with Crippen molar-refractivity contribution in [3.05, 3.63) is 52.2 Å². The molecule has 1 heterocycles. The average Bonchev–Trinajstić information content (AvgIpc) is 2.54. The normalized spacial score (nSPS) is 16.9. The van der Waals surface area contributed by atoms with Gasteiger partial charge in [0.1, 0.15) is 16.6 Å². The Balaban J connectivity index is 2.25. The van der Waals surface area contributed by atoms with Crippen molar-refractivity contribution in [3.63, 3.8) is 0 Å². The number of halogens is 1. The lowest BCUT2D eigenvalue weighted by molar-refractivity contribution is -0.129. The van der Waals surface area contributed by atoms with Gasteiger partial charge in [-0.2, -0.15) is 0 Å². The summed E-state index contributed by atoms with van der Waals surface area (Å²) in [6.07, 6.45) is 1.05. The Bertz CT molecular complexity index is 676. The summed E-state index contributed by atoms with van der Waals surface area (Å²) in [7, 11) is -3.72. The number of nitrogens with two attached hydrogens (primary N) is 1. The Morgan fingerprint density at radius 2 is 2.06 bits per heavy atom. The minimum Gasteiger partial charge on any atom is -0.423 e. The highest BCUT2D eigenvalue weighted by Crippen LogP contribution is 2.21. The van der Waals surface area contributed by atoms with Crippen molar-refractivity contribution in [3.8, 4) is 5.75 Å². The third-order valence-corrected chi connectivity index (χ3v) is 3.54. The van der Waals surface area contributed by atoms with Gasteiger partial charge in [-0.1, -0.05) is 6.07 Å². The van der Waals surface area contributed by atoms with E-state index >= 15 is 0 Å². The predicted molar refractivity (Wildman–Crippen MR) is 61.3 cm³/mol. The van der Waals surface area contributed by atoms with Gasteiger partial charge in [-0.05, 0) is 18.2 Å². The van der Waals surface area contributed by atoms with Gasteiger partial charge in [0.15, 0.2) is 0 Å². The summed E-state index contributed by atoms with van der Waals surface area (Å²) in [5.41, 5.74) is 5.03. The second-order valence-electron chi connectivity index (χ2n) is 3.47. The van der Waals surface area contributed by atoms with E-state index in [2.05, 4.69) is 0 Å². The number of hydrogen-bond acceptors (Lipinski definition) is 5. The van der Waals surface area contributed by atoms with Crippen LogP contribution in [-0.4, -0.2) is 14.4 Å². The number of carbonyl (C=O) groups is 1. The van der Waals surface area contributed by atoms with Crippen LogP contribution < -0.4 is 10.5 Å². The van der Waals surface area contributed by atoms with Crippen molar-refractivity contribution < 1.29 is 22.3 Å². The largest absolute Gasteiger partial charge is 0.423 e. The van der Waals surface area contributed by atoms with E-state index in [9.17, 15) is 17.6 Å². The van der Waals surface area contributed by atoms with E-state index in [-0.39, 0.29) is 11.3 Å². The highest BCUT2D eigenvalue weighted by Gasteiger charge is 2.27. The first-order valence-corrected chi connectivity index (χ1v) is 6.35. The molecule has 0 saturated carbocycles. The van der Waals surface area contributed by atoms with Crippen LogP contribution in [0.25, 0.3) is 0 Å². The molecule has 1 aromatic carbocycles.